The third-order valence-electron chi connectivity index (χ3n) is 4.63. The Hall–Kier alpha value is -2.47. The molecule has 0 spiro atoms. The van der Waals surface area contributed by atoms with Gasteiger partial charge in [0.05, 0.1) is 5.69 Å². The Labute approximate surface area is 150 Å². The van der Waals surface area contributed by atoms with Crippen LogP contribution in [0, 0.1) is 0 Å². The van der Waals surface area contributed by atoms with Gasteiger partial charge in [-0.1, -0.05) is 12.5 Å². The van der Waals surface area contributed by atoms with E-state index in [1.165, 1.54) is 41.9 Å². The average Bonchev–Trinajstić information content (AvgIpc) is 2.81. The minimum absolute atomic E-state index is 0.153. The molecule has 1 aliphatic carbocycles. The lowest BCUT2D eigenvalue weighted by molar-refractivity contribution is 0.0956. The molecule has 25 heavy (non-hydrogen) atoms. The topological polar surface area (TPSA) is 80.9 Å². The molecule has 3 aromatic rings. The van der Waals surface area contributed by atoms with Crippen molar-refractivity contribution in [3.63, 3.8) is 0 Å². The maximum absolute atomic E-state index is 12.6. The SMILES string of the molecule is Nc1c(C(=O)NCc2cccnc2)sc2nc3c(cc12)CCCCC3. The molecule has 5 nitrogen and oxygen atoms in total. The third kappa shape index (κ3) is 3.22. The molecule has 0 saturated heterocycles. The number of hydrogen-bond acceptors (Lipinski definition) is 5. The zero-order valence-electron chi connectivity index (χ0n) is 13.9. The van der Waals surface area contributed by atoms with E-state index in [9.17, 15) is 4.79 Å². The number of carbonyl (C=O) groups excluding carboxylic acids is 1. The number of aryl methyl sites for hydroxylation is 2. The largest absolute Gasteiger partial charge is 0.397 e. The zero-order valence-corrected chi connectivity index (χ0v) is 14.7. The quantitative estimate of drug-likeness (QED) is 0.707. The van der Waals surface area contributed by atoms with E-state index in [-0.39, 0.29) is 5.91 Å². The Kier molecular flexibility index (Phi) is 4.36. The van der Waals surface area contributed by atoms with Crippen LogP contribution in [0.15, 0.2) is 30.6 Å². The maximum Gasteiger partial charge on any atom is 0.263 e. The van der Waals surface area contributed by atoms with Gasteiger partial charge in [-0.25, -0.2) is 4.98 Å². The Morgan fingerprint density at radius 2 is 2.16 bits per heavy atom. The Bertz CT molecular complexity index is 920. The first-order valence-corrected chi connectivity index (χ1v) is 9.42. The van der Waals surface area contributed by atoms with Gasteiger partial charge in [0.15, 0.2) is 0 Å². The van der Waals surface area contributed by atoms with E-state index < -0.39 is 0 Å². The summed E-state index contributed by atoms with van der Waals surface area (Å²) >= 11 is 1.38. The lowest BCUT2D eigenvalue weighted by atomic mass is 10.1. The Morgan fingerprint density at radius 1 is 1.28 bits per heavy atom. The molecule has 0 aliphatic heterocycles. The van der Waals surface area contributed by atoms with Gasteiger partial charge in [-0.05, 0) is 48.9 Å². The number of rotatable bonds is 3. The number of hydrogen-bond donors (Lipinski definition) is 2. The van der Waals surface area contributed by atoms with E-state index in [2.05, 4.69) is 16.4 Å². The minimum Gasteiger partial charge on any atom is -0.397 e. The monoisotopic (exact) mass is 352 g/mol. The number of nitrogens with two attached hydrogens (primary N) is 1. The fourth-order valence-corrected chi connectivity index (χ4v) is 4.28. The second-order valence-corrected chi connectivity index (χ2v) is 7.40. The van der Waals surface area contributed by atoms with Crippen molar-refractivity contribution in [2.45, 2.75) is 38.6 Å². The van der Waals surface area contributed by atoms with Gasteiger partial charge in [0.25, 0.3) is 5.91 Å². The van der Waals surface area contributed by atoms with Gasteiger partial charge in [0.2, 0.25) is 0 Å². The third-order valence-corrected chi connectivity index (χ3v) is 5.75. The Balaban J connectivity index is 1.61. The van der Waals surface area contributed by atoms with Crippen LogP contribution in [-0.2, 0) is 19.4 Å². The zero-order chi connectivity index (χ0) is 17.2. The van der Waals surface area contributed by atoms with Crippen LogP contribution in [-0.4, -0.2) is 15.9 Å². The molecule has 0 saturated carbocycles. The van der Waals surface area contributed by atoms with Crippen LogP contribution < -0.4 is 11.1 Å². The summed E-state index contributed by atoms with van der Waals surface area (Å²) < 4.78 is 0. The summed E-state index contributed by atoms with van der Waals surface area (Å²) in [6.45, 7) is 0.435. The van der Waals surface area contributed by atoms with Gasteiger partial charge >= 0.3 is 0 Å². The summed E-state index contributed by atoms with van der Waals surface area (Å²) in [5.74, 6) is -0.153. The van der Waals surface area contributed by atoms with E-state index in [0.717, 1.165) is 28.6 Å². The summed E-state index contributed by atoms with van der Waals surface area (Å²) in [6, 6.07) is 5.93. The number of carbonyl (C=O) groups is 1. The first-order chi connectivity index (χ1) is 12.2. The van der Waals surface area contributed by atoms with Gasteiger partial charge in [-0.2, -0.15) is 0 Å². The van der Waals surface area contributed by atoms with E-state index in [1.807, 2.05) is 12.1 Å². The first kappa shape index (κ1) is 16.0. The van der Waals surface area contributed by atoms with Crippen molar-refractivity contribution in [2.75, 3.05) is 5.73 Å². The van der Waals surface area contributed by atoms with Crippen molar-refractivity contribution in [1.29, 1.82) is 0 Å². The number of fused-ring (bicyclic) bond motifs is 2. The van der Waals surface area contributed by atoms with Crippen LogP contribution >= 0.6 is 11.3 Å². The minimum atomic E-state index is -0.153. The van der Waals surface area contributed by atoms with Gasteiger partial charge in [-0.15, -0.1) is 11.3 Å². The average molecular weight is 352 g/mol. The van der Waals surface area contributed by atoms with Gasteiger partial charge in [0.1, 0.15) is 9.71 Å². The molecule has 3 heterocycles. The fourth-order valence-electron chi connectivity index (χ4n) is 3.27. The summed E-state index contributed by atoms with van der Waals surface area (Å²) in [5, 5.41) is 3.83. The molecule has 128 valence electrons. The molecular formula is C19H20N4OS. The molecule has 0 radical (unpaired) electrons. The lowest BCUT2D eigenvalue weighted by Crippen LogP contribution is -2.22. The number of nitrogen functional groups attached to an aromatic ring is 1. The molecule has 1 aliphatic rings. The van der Waals surface area contributed by atoms with Crippen molar-refractivity contribution >= 4 is 33.1 Å². The van der Waals surface area contributed by atoms with Crippen LogP contribution in [0.1, 0.15) is 45.8 Å². The number of pyridine rings is 2. The van der Waals surface area contributed by atoms with Crippen LogP contribution in [0.2, 0.25) is 0 Å². The molecule has 0 atom stereocenters. The second-order valence-electron chi connectivity index (χ2n) is 6.40. The van der Waals surface area contributed by atoms with Crippen molar-refractivity contribution in [1.82, 2.24) is 15.3 Å². The molecule has 0 bridgehead atoms. The summed E-state index contributed by atoms with van der Waals surface area (Å²) in [4.78, 5) is 22.8. The number of nitrogens with zero attached hydrogens (tertiary/aromatic N) is 2. The number of nitrogens with one attached hydrogen (secondary N) is 1. The van der Waals surface area contributed by atoms with Gasteiger partial charge in [0, 0.05) is 30.0 Å². The highest BCUT2D eigenvalue weighted by molar-refractivity contribution is 7.21. The van der Waals surface area contributed by atoms with Gasteiger partial charge < -0.3 is 11.1 Å². The van der Waals surface area contributed by atoms with Crippen LogP contribution in [0.3, 0.4) is 0 Å². The van der Waals surface area contributed by atoms with Crippen molar-refractivity contribution in [3.8, 4) is 0 Å². The van der Waals surface area contributed by atoms with E-state index in [0.29, 0.717) is 17.1 Å². The number of amides is 1. The summed E-state index contributed by atoms with van der Waals surface area (Å²) in [6.07, 6.45) is 9.16. The predicted molar refractivity (Wildman–Crippen MR) is 101 cm³/mol. The fraction of sp³-hybridized carbons (Fsp3) is 0.316. The van der Waals surface area contributed by atoms with Crippen LogP contribution in [0.4, 0.5) is 5.69 Å². The van der Waals surface area contributed by atoms with Crippen molar-refractivity contribution < 1.29 is 4.79 Å². The standard InChI is InChI=1S/C19H20N4OS/c20-16-14-9-13-6-2-1-3-7-15(13)23-19(14)25-17(16)18(24)22-11-12-5-4-8-21-10-12/h4-5,8-10H,1-3,6-7,11,20H2,(H,22,24). The van der Waals surface area contributed by atoms with Crippen LogP contribution in [0.25, 0.3) is 10.2 Å². The van der Waals surface area contributed by atoms with E-state index in [1.54, 1.807) is 12.4 Å². The highest BCUT2D eigenvalue weighted by atomic mass is 32.1. The molecule has 0 unspecified atom stereocenters. The molecule has 6 heteroatoms. The normalized spacial score (nSPS) is 14.1. The number of aromatic nitrogens is 2. The molecule has 3 N–H and O–H groups in total. The lowest BCUT2D eigenvalue weighted by Gasteiger charge is -2.05. The van der Waals surface area contributed by atoms with Crippen molar-refractivity contribution in [2.24, 2.45) is 0 Å². The molecular weight excluding hydrogens is 332 g/mol. The summed E-state index contributed by atoms with van der Waals surface area (Å²) in [7, 11) is 0. The Morgan fingerprint density at radius 3 is 3.00 bits per heavy atom. The number of thiophene rings is 1. The highest BCUT2D eigenvalue weighted by Crippen LogP contribution is 2.35. The first-order valence-electron chi connectivity index (χ1n) is 8.60. The van der Waals surface area contributed by atoms with Gasteiger partial charge in [-0.3, -0.25) is 9.78 Å². The van der Waals surface area contributed by atoms with Crippen LogP contribution in [0.5, 0.6) is 0 Å². The summed E-state index contributed by atoms with van der Waals surface area (Å²) in [5.41, 5.74) is 10.2. The second kappa shape index (κ2) is 6.80. The van der Waals surface area contributed by atoms with E-state index in [4.69, 9.17) is 10.7 Å². The molecule has 4 rings (SSSR count). The molecule has 0 aromatic carbocycles. The highest BCUT2D eigenvalue weighted by Gasteiger charge is 2.19. The smallest absolute Gasteiger partial charge is 0.263 e. The molecule has 1 amide bonds. The van der Waals surface area contributed by atoms with E-state index >= 15 is 0 Å². The van der Waals surface area contributed by atoms with Crippen molar-refractivity contribution in [3.05, 3.63) is 52.3 Å². The molecule has 0 fully saturated rings. The molecule has 3 aromatic heterocycles. The number of anilines is 1. The maximum atomic E-state index is 12.6. The predicted octanol–water partition coefficient (Wildman–Crippen LogP) is 3.47.